The lowest BCUT2D eigenvalue weighted by molar-refractivity contribution is -0.110. The van der Waals surface area contributed by atoms with Crippen LogP contribution in [0.3, 0.4) is 0 Å². The standard InChI is InChI=1S/C24H22F3N7O/c25-24(26,27)22(31)15(10-28)21-14-6-2-1-5-13(14)18-17(34-21)8-7-16(29)19(18)20(30)23(35)33-12-4-3-9-32-11-12/h3-4,7-11,28,30H,1-2,5-6,29,31H2,(H,33,35). The number of nitrogens with zero attached hydrogens (tertiary/aromatic N) is 2. The quantitative estimate of drug-likeness (QED) is 0.275. The molecule has 0 atom stereocenters. The summed E-state index contributed by atoms with van der Waals surface area (Å²) in [5.74, 6) is -0.716. The Bertz CT molecular complexity index is 1380. The van der Waals surface area contributed by atoms with Gasteiger partial charge in [-0.2, -0.15) is 13.2 Å². The van der Waals surface area contributed by atoms with Crippen molar-refractivity contribution in [1.82, 2.24) is 9.97 Å². The molecule has 11 heteroatoms. The minimum Gasteiger partial charge on any atom is -0.398 e. The number of alkyl halides is 3. The molecule has 2 heterocycles. The summed E-state index contributed by atoms with van der Waals surface area (Å²) in [4.78, 5) is 21.2. The summed E-state index contributed by atoms with van der Waals surface area (Å²) in [6.07, 6.45) is 1.09. The Morgan fingerprint density at radius 1 is 1.14 bits per heavy atom. The number of allylic oxidation sites excluding steroid dienone is 2. The van der Waals surface area contributed by atoms with Crippen LogP contribution in [-0.4, -0.2) is 34.0 Å². The second-order valence-corrected chi connectivity index (χ2v) is 8.09. The summed E-state index contributed by atoms with van der Waals surface area (Å²) in [7, 11) is 0. The molecule has 7 N–H and O–H groups in total. The van der Waals surface area contributed by atoms with Crippen LogP contribution < -0.4 is 16.8 Å². The highest BCUT2D eigenvalue weighted by Crippen LogP contribution is 2.38. The van der Waals surface area contributed by atoms with Gasteiger partial charge in [0, 0.05) is 34.6 Å². The number of nitrogen functional groups attached to an aromatic ring is 1. The lowest BCUT2D eigenvalue weighted by Gasteiger charge is -2.24. The fourth-order valence-corrected chi connectivity index (χ4v) is 4.30. The number of nitrogens with one attached hydrogen (secondary N) is 3. The molecule has 1 aliphatic rings. The van der Waals surface area contributed by atoms with Crippen LogP contribution in [0.4, 0.5) is 24.5 Å². The minimum atomic E-state index is -4.83. The molecule has 0 fully saturated rings. The van der Waals surface area contributed by atoms with E-state index in [-0.39, 0.29) is 22.5 Å². The summed E-state index contributed by atoms with van der Waals surface area (Å²) in [6.45, 7) is 0. The van der Waals surface area contributed by atoms with Crippen molar-refractivity contribution in [2.24, 2.45) is 5.73 Å². The molecule has 4 rings (SSSR count). The molecule has 0 spiro atoms. The van der Waals surface area contributed by atoms with Crippen molar-refractivity contribution in [3.63, 3.8) is 0 Å². The third kappa shape index (κ3) is 4.44. The Morgan fingerprint density at radius 3 is 2.49 bits per heavy atom. The molecule has 0 saturated heterocycles. The van der Waals surface area contributed by atoms with E-state index in [4.69, 9.17) is 22.3 Å². The molecule has 0 unspecified atom stereocenters. The van der Waals surface area contributed by atoms with Crippen molar-refractivity contribution in [3.05, 3.63) is 64.7 Å². The third-order valence-electron chi connectivity index (χ3n) is 5.89. The molecule has 0 bridgehead atoms. The number of halogens is 3. The number of carbonyl (C=O) groups is 1. The number of aromatic nitrogens is 2. The van der Waals surface area contributed by atoms with Gasteiger partial charge in [-0.15, -0.1) is 0 Å². The van der Waals surface area contributed by atoms with Gasteiger partial charge in [0.15, 0.2) is 0 Å². The molecule has 0 aliphatic heterocycles. The molecule has 35 heavy (non-hydrogen) atoms. The van der Waals surface area contributed by atoms with Crippen molar-refractivity contribution < 1.29 is 18.0 Å². The summed E-state index contributed by atoms with van der Waals surface area (Å²) in [6, 6.07) is 6.24. The SMILES string of the molecule is N=CC(=C(N)C(F)(F)F)c1nc2ccc(N)c(C(=N)C(=O)Nc3cccnc3)c2c2c1CCCC2. The zero-order chi connectivity index (χ0) is 25.3. The Morgan fingerprint density at radius 2 is 1.86 bits per heavy atom. The Kier molecular flexibility index (Phi) is 6.25. The number of hydrogen-bond acceptors (Lipinski definition) is 7. The minimum absolute atomic E-state index is 0.0147. The number of nitrogens with two attached hydrogens (primary N) is 2. The summed E-state index contributed by atoms with van der Waals surface area (Å²) >= 11 is 0. The zero-order valence-corrected chi connectivity index (χ0v) is 18.5. The predicted octanol–water partition coefficient (Wildman–Crippen LogP) is 3.98. The van der Waals surface area contributed by atoms with Crippen molar-refractivity contribution in [2.75, 3.05) is 11.1 Å². The molecular weight excluding hydrogens is 459 g/mol. The number of carbonyl (C=O) groups excluding carboxylic acids is 1. The van der Waals surface area contributed by atoms with Crippen LogP contribution in [0.5, 0.6) is 0 Å². The molecule has 3 aromatic rings. The van der Waals surface area contributed by atoms with E-state index >= 15 is 0 Å². The van der Waals surface area contributed by atoms with E-state index in [1.807, 2.05) is 0 Å². The van der Waals surface area contributed by atoms with E-state index in [0.29, 0.717) is 47.7 Å². The van der Waals surface area contributed by atoms with Gasteiger partial charge in [0.05, 0.1) is 23.1 Å². The highest BCUT2D eigenvalue weighted by atomic mass is 19.4. The lowest BCUT2D eigenvalue weighted by Crippen LogP contribution is -2.25. The third-order valence-corrected chi connectivity index (χ3v) is 5.89. The van der Waals surface area contributed by atoms with E-state index in [2.05, 4.69) is 15.3 Å². The number of amides is 1. The highest BCUT2D eigenvalue weighted by Gasteiger charge is 2.36. The summed E-state index contributed by atoms with van der Waals surface area (Å²) < 4.78 is 40.2. The smallest absolute Gasteiger partial charge is 0.398 e. The molecule has 2 aromatic heterocycles. The second kappa shape index (κ2) is 9.16. The molecular formula is C24H22F3N7O. The zero-order valence-electron chi connectivity index (χ0n) is 18.5. The monoisotopic (exact) mass is 481 g/mol. The number of anilines is 2. The van der Waals surface area contributed by atoms with Crippen LogP contribution in [0, 0.1) is 10.8 Å². The first-order chi connectivity index (χ1) is 16.6. The molecule has 1 aromatic carbocycles. The van der Waals surface area contributed by atoms with E-state index in [1.165, 1.54) is 18.3 Å². The normalized spacial score (nSPS) is 14.1. The van der Waals surface area contributed by atoms with Gasteiger partial charge < -0.3 is 22.2 Å². The van der Waals surface area contributed by atoms with Gasteiger partial charge in [-0.25, -0.2) is 4.98 Å². The summed E-state index contributed by atoms with van der Waals surface area (Å²) in [5, 5.41) is 19.3. The average molecular weight is 481 g/mol. The van der Waals surface area contributed by atoms with Crippen LogP contribution in [-0.2, 0) is 17.6 Å². The number of hydrogen-bond donors (Lipinski definition) is 5. The number of fused-ring (bicyclic) bond motifs is 3. The van der Waals surface area contributed by atoms with Crippen molar-refractivity contribution in [2.45, 2.75) is 31.9 Å². The second-order valence-electron chi connectivity index (χ2n) is 8.09. The van der Waals surface area contributed by atoms with E-state index in [1.54, 1.807) is 18.3 Å². The molecule has 0 saturated carbocycles. The van der Waals surface area contributed by atoms with Crippen LogP contribution in [0.1, 0.15) is 35.2 Å². The highest BCUT2D eigenvalue weighted by molar-refractivity contribution is 6.50. The summed E-state index contributed by atoms with van der Waals surface area (Å²) in [5.41, 5.74) is 11.4. The topological polar surface area (TPSA) is 155 Å². The molecule has 8 nitrogen and oxygen atoms in total. The first-order valence-corrected chi connectivity index (χ1v) is 10.8. The maximum atomic E-state index is 13.4. The number of benzene rings is 1. The Labute approximate surface area is 198 Å². The van der Waals surface area contributed by atoms with Gasteiger partial charge >= 0.3 is 6.18 Å². The largest absolute Gasteiger partial charge is 0.431 e. The van der Waals surface area contributed by atoms with Crippen molar-refractivity contribution in [3.8, 4) is 0 Å². The molecule has 1 aliphatic carbocycles. The van der Waals surface area contributed by atoms with E-state index in [9.17, 15) is 18.0 Å². The first kappa shape index (κ1) is 23.9. The maximum absolute atomic E-state index is 13.4. The van der Waals surface area contributed by atoms with Crippen LogP contribution >= 0.6 is 0 Å². The fraction of sp³-hybridized carbons (Fsp3) is 0.208. The predicted molar refractivity (Wildman–Crippen MR) is 128 cm³/mol. The van der Waals surface area contributed by atoms with Crippen LogP contribution in [0.25, 0.3) is 16.5 Å². The van der Waals surface area contributed by atoms with Gasteiger partial charge in [0.2, 0.25) is 0 Å². The van der Waals surface area contributed by atoms with E-state index < -0.39 is 29.1 Å². The average Bonchev–Trinajstić information content (AvgIpc) is 2.84. The van der Waals surface area contributed by atoms with Gasteiger partial charge in [-0.05, 0) is 61.1 Å². The molecule has 1 amide bonds. The number of rotatable bonds is 5. The van der Waals surface area contributed by atoms with E-state index in [0.717, 1.165) is 6.42 Å². The fourth-order valence-electron chi connectivity index (χ4n) is 4.30. The van der Waals surface area contributed by atoms with Gasteiger partial charge in [-0.1, -0.05) is 0 Å². The number of pyridine rings is 2. The van der Waals surface area contributed by atoms with Gasteiger partial charge in [-0.3, -0.25) is 15.2 Å². The van der Waals surface area contributed by atoms with Crippen molar-refractivity contribution >= 4 is 45.7 Å². The number of aryl methyl sites for hydroxylation is 1. The Hall–Kier alpha value is -4.28. The van der Waals surface area contributed by atoms with Crippen LogP contribution in [0.15, 0.2) is 42.4 Å². The molecule has 0 radical (unpaired) electrons. The van der Waals surface area contributed by atoms with Crippen molar-refractivity contribution in [1.29, 1.82) is 10.8 Å². The Balaban J connectivity index is 1.94. The molecule has 180 valence electrons. The van der Waals surface area contributed by atoms with Gasteiger partial charge in [0.1, 0.15) is 11.4 Å². The van der Waals surface area contributed by atoms with Crippen LogP contribution in [0.2, 0.25) is 0 Å². The maximum Gasteiger partial charge on any atom is 0.431 e. The lowest BCUT2D eigenvalue weighted by atomic mass is 9.83. The first-order valence-electron chi connectivity index (χ1n) is 10.8. The van der Waals surface area contributed by atoms with Gasteiger partial charge in [0.25, 0.3) is 5.91 Å².